The van der Waals surface area contributed by atoms with Crippen molar-refractivity contribution in [3.8, 4) is 39.3 Å². The quantitative estimate of drug-likeness (QED) is 0.175. The van der Waals surface area contributed by atoms with E-state index >= 15 is 0 Å². The summed E-state index contributed by atoms with van der Waals surface area (Å²) in [6.07, 6.45) is 2.62. The summed E-state index contributed by atoms with van der Waals surface area (Å²) in [5.74, 6) is 1.32. The lowest BCUT2D eigenvalue weighted by Crippen LogP contribution is -2.47. The Balaban J connectivity index is 1.25. The number of rotatable bonds is 12. The zero-order valence-corrected chi connectivity index (χ0v) is 24.4. The molecule has 0 radical (unpaired) electrons. The van der Waals surface area contributed by atoms with Crippen LogP contribution in [0.15, 0.2) is 60.8 Å². The van der Waals surface area contributed by atoms with E-state index in [4.69, 9.17) is 14.8 Å². The molecule has 0 bridgehead atoms. The number of aliphatic hydroxyl groups is 1. The van der Waals surface area contributed by atoms with Crippen LogP contribution in [-0.2, 0) is 0 Å². The molecule has 3 heterocycles. The molecule has 11 heteroatoms. The Morgan fingerprint density at radius 2 is 1.83 bits per heavy atom. The number of aromatic hydroxyl groups is 1. The van der Waals surface area contributed by atoms with E-state index < -0.39 is 0 Å². The van der Waals surface area contributed by atoms with E-state index in [1.165, 1.54) is 11.3 Å². The fraction of sp³-hybridized carbons (Fsp3) is 0.323. The number of anilines is 3. The lowest BCUT2D eigenvalue weighted by atomic mass is 10.00. The number of hydrogen-bond donors (Lipinski definition) is 4. The van der Waals surface area contributed by atoms with Crippen molar-refractivity contribution >= 4 is 28.0 Å². The molecule has 1 aliphatic rings. The van der Waals surface area contributed by atoms with Crippen molar-refractivity contribution in [3.05, 3.63) is 66.4 Å². The summed E-state index contributed by atoms with van der Waals surface area (Å²) in [4.78, 5) is 14.7. The number of ether oxygens (including phenoxy) is 1. The molecule has 4 aromatic rings. The van der Waals surface area contributed by atoms with E-state index in [9.17, 15) is 10.4 Å². The Bertz CT molecular complexity index is 1530. The lowest BCUT2D eigenvalue weighted by molar-refractivity contribution is 0.108. The number of piperazine rings is 1. The predicted octanol–water partition coefficient (Wildman–Crippen LogP) is 4.61. The number of aromatic nitrogens is 2. The highest BCUT2D eigenvalue weighted by Gasteiger charge is 2.22. The normalized spacial score (nSPS) is 13.9. The first-order valence-electron chi connectivity index (χ1n) is 14.0. The molecule has 2 aromatic heterocycles. The molecule has 218 valence electrons. The van der Waals surface area contributed by atoms with E-state index in [1.54, 1.807) is 31.4 Å². The summed E-state index contributed by atoms with van der Waals surface area (Å²) in [6, 6.07) is 18.7. The van der Waals surface area contributed by atoms with Gasteiger partial charge in [0.15, 0.2) is 0 Å². The minimum atomic E-state index is 0.128. The van der Waals surface area contributed by atoms with Crippen LogP contribution in [0.4, 0.5) is 16.6 Å². The fourth-order valence-corrected chi connectivity index (χ4v) is 6.12. The highest BCUT2D eigenvalue weighted by Crippen LogP contribution is 2.45. The second-order valence-electron chi connectivity index (χ2n) is 9.95. The maximum atomic E-state index is 10.1. The molecule has 10 nitrogen and oxygen atoms in total. The summed E-state index contributed by atoms with van der Waals surface area (Å²) in [7, 11) is 1.78. The molecule has 1 aliphatic heterocycles. The number of phenols is 1. The minimum Gasteiger partial charge on any atom is -0.508 e. The third-order valence-corrected chi connectivity index (χ3v) is 8.36. The van der Waals surface area contributed by atoms with E-state index in [0.29, 0.717) is 23.8 Å². The number of β-amino-alcohol motifs (C(OH)–C–C–N with tert-alkyl or cyclic N) is 1. The number of nitrogens with one attached hydrogen (secondary N) is 2. The van der Waals surface area contributed by atoms with Crippen molar-refractivity contribution in [2.45, 2.75) is 6.42 Å². The van der Waals surface area contributed by atoms with Crippen LogP contribution in [0, 0.1) is 11.3 Å². The van der Waals surface area contributed by atoms with E-state index in [1.807, 2.05) is 36.4 Å². The standard InChI is InChI=1S/C31H35N7O3S/c1-33-30-26(21-32)28(22-5-2-7-24(40)19-22)29(42-30)27-9-10-34-31(36-27)35-23-6-3-8-25(20-23)41-18-4-11-37-12-14-38(15-13-37)16-17-39/h2-3,5-10,19-20,33,39-40H,4,11-18H2,1H3,(H,34,35,36). The van der Waals surface area contributed by atoms with Gasteiger partial charge in [0, 0.05) is 69.8 Å². The fourth-order valence-electron chi connectivity index (χ4n) is 5.03. The summed E-state index contributed by atoms with van der Waals surface area (Å²) >= 11 is 1.44. The number of phenolic OH excluding ortho intramolecular Hbond substituents is 1. The second-order valence-corrected chi connectivity index (χ2v) is 11.0. The van der Waals surface area contributed by atoms with Gasteiger partial charge in [-0.1, -0.05) is 18.2 Å². The molecule has 0 amide bonds. The van der Waals surface area contributed by atoms with Gasteiger partial charge >= 0.3 is 0 Å². The molecule has 0 unspecified atom stereocenters. The first-order valence-corrected chi connectivity index (χ1v) is 14.8. The van der Waals surface area contributed by atoms with E-state index in [-0.39, 0.29) is 12.4 Å². The van der Waals surface area contributed by atoms with Crippen LogP contribution in [0.25, 0.3) is 21.7 Å². The van der Waals surface area contributed by atoms with Gasteiger partial charge in [-0.05, 0) is 42.3 Å². The van der Waals surface area contributed by atoms with Gasteiger partial charge < -0.3 is 30.5 Å². The van der Waals surface area contributed by atoms with Gasteiger partial charge in [0.1, 0.15) is 22.6 Å². The van der Waals surface area contributed by atoms with E-state index in [0.717, 1.165) is 78.1 Å². The lowest BCUT2D eigenvalue weighted by Gasteiger charge is -2.34. The molecule has 4 N–H and O–H groups in total. The Morgan fingerprint density at radius 3 is 2.57 bits per heavy atom. The molecule has 42 heavy (non-hydrogen) atoms. The van der Waals surface area contributed by atoms with Crippen LogP contribution in [0.2, 0.25) is 0 Å². The molecule has 0 saturated carbocycles. The third kappa shape index (κ3) is 7.16. The van der Waals surface area contributed by atoms with Crippen molar-refractivity contribution < 1.29 is 14.9 Å². The van der Waals surface area contributed by atoms with Crippen LogP contribution in [0.3, 0.4) is 0 Å². The average molecular weight is 586 g/mol. The van der Waals surface area contributed by atoms with E-state index in [2.05, 4.69) is 31.5 Å². The summed E-state index contributed by atoms with van der Waals surface area (Å²) in [5.41, 5.74) is 3.43. The van der Waals surface area contributed by atoms with Gasteiger partial charge in [0.25, 0.3) is 0 Å². The van der Waals surface area contributed by atoms with Crippen molar-refractivity contribution in [2.24, 2.45) is 0 Å². The van der Waals surface area contributed by atoms with Crippen molar-refractivity contribution in [1.82, 2.24) is 19.8 Å². The van der Waals surface area contributed by atoms with Crippen molar-refractivity contribution in [1.29, 1.82) is 5.26 Å². The maximum absolute atomic E-state index is 10.1. The van der Waals surface area contributed by atoms with Crippen LogP contribution in [0.5, 0.6) is 11.5 Å². The molecule has 1 fully saturated rings. The van der Waals surface area contributed by atoms with Gasteiger partial charge in [0.05, 0.1) is 29.3 Å². The van der Waals surface area contributed by atoms with Crippen LogP contribution in [-0.4, -0.2) is 89.5 Å². The first kappa shape index (κ1) is 29.3. The topological polar surface area (TPSA) is 130 Å². The Hall–Kier alpha value is -4.21. The SMILES string of the molecule is CNc1sc(-c2ccnc(Nc3cccc(OCCCN4CCN(CCO)CC4)c3)n2)c(-c2cccc(O)c2)c1C#N. The zero-order chi connectivity index (χ0) is 29.3. The molecular weight excluding hydrogens is 550 g/mol. The average Bonchev–Trinajstić information content (AvgIpc) is 3.40. The number of thiophene rings is 1. The molecule has 0 aliphatic carbocycles. The second kappa shape index (κ2) is 14.1. The largest absolute Gasteiger partial charge is 0.508 e. The Morgan fingerprint density at radius 1 is 1.05 bits per heavy atom. The monoisotopic (exact) mass is 585 g/mol. The smallest absolute Gasteiger partial charge is 0.227 e. The summed E-state index contributed by atoms with van der Waals surface area (Å²) in [5, 5.41) is 36.3. The van der Waals surface area contributed by atoms with Crippen LogP contribution >= 0.6 is 11.3 Å². The van der Waals surface area contributed by atoms with Gasteiger partial charge in [-0.15, -0.1) is 11.3 Å². The number of nitriles is 1. The number of aliphatic hydroxyl groups excluding tert-OH is 1. The van der Waals surface area contributed by atoms with Crippen LogP contribution < -0.4 is 15.4 Å². The zero-order valence-electron chi connectivity index (χ0n) is 23.6. The van der Waals surface area contributed by atoms with Gasteiger partial charge in [-0.3, -0.25) is 4.90 Å². The van der Waals surface area contributed by atoms with Gasteiger partial charge in [-0.2, -0.15) is 5.26 Å². The summed E-state index contributed by atoms with van der Waals surface area (Å²) < 4.78 is 6.04. The number of hydrogen-bond acceptors (Lipinski definition) is 11. The highest BCUT2D eigenvalue weighted by molar-refractivity contribution is 7.20. The summed E-state index contributed by atoms with van der Waals surface area (Å²) in [6.45, 7) is 6.62. The van der Waals surface area contributed by atoms with Gasteiger partial charge in [0.2, 0.25) is 5.95 Å². The minimum absolute atomic E-state index is 0.128. The number of nitrogens with zero attached hydrogens (tertiary/aromatic N) is 5. The predicted molar refractivity (Wildman–Crippen MR) is 167 cm³/mol. The molecule has 0 atom stereocenters. The Kier molecular flexibility index (Phi) is 9.84. The maximum Gasteiger partial charge on any atom is 0.227 e. The molecule has 5 rings (SSSR count). The molecular formula is C31H35N7O3S. The first-order chi connectivity index (χ1) is 20.6. The molecule has 0 spiro atoms. The molecule has 1 saturated heterocycles. The highest BCUT2D eigenvalue weighted by atomic mass is 32.1. The third-order valence-electron chi connectivity index (χ3n) is 7.13. The molecule has 2 aromatic carbocycles. The number of benzene rings is 2. The Labute approximate surface area is 249 Å². The van der Waals surface area contributed by atoms with Crippen molar-refractivity contribution in [2.75, 3.05) is 70.2 Å². The van der Waals surface area contributed by atoms with Crippen LogP contribution in [0.1, 0.15) is 12.0 Å². The van der Waals surface area contributed by atoms with Gasteiger partial charge in [-0.25, -0.2) is 9.97 Å². The van der Waals surface area contributed by atoms with Crippen molar-refractivity contribution in [3.63, 3.8) is 0 Å².